The molecule has 6 heteroatoms. The predicted molar refractivity (Wildman–Crippen MR) is 204 cm³/mol. The van der Waals surface area contributed by atoms with Crippen molar-refractivity contribution in [3.05, 3.63) is 24.0 Å². The Balaban J connectivity index is 4.14. The van der Waals surface area contributed by atoms with Crippen molar-refractivity contribution in [1.82, 2.24) is 4.90 Å². The molecular formula is C42H79NO5. The molecule has 0 fully saturated rings. The quantitative estimate of drug-likeness (QED) is 0.0229. The molecule has 6 nitrogen and oxygen atoms in total. The number of rotatable bonds is 39. The number of nitrogens with zero attached hydrogens (tertiary/aromatic N) is 1. The zero-order valence-electron chi connectivity index (χ0n) is 31.9. The molecule has 0 aliphatic heterocycles. The third-order valence-electron chi connectivity index (χ3n) is 9.10. The Labute approximate surface area is 297 Å². The fourth-order valence-electron chi connectivity index (χ4n) is 5.96. The van der Waals surface area contributed by atoms with Gasteiger partial charge in [0.15, 0.2) is 0 Å². The first-order chi connectivity index (χ1) is 23.7. The van der Waals surface area contributed by atoms with Gasteiger partial charge >= 0.3 is 5.97 Å². The number of aldehydes is 1. The van der Waals surface area contributed by atoms with Crippen molar-refractivity contribution in [2.45, 2.75) is 194 Å². The third kappa shape index (κ3) is 35.6. The summed E-state index contributed by atoms with van der Waals surface area (Å²) in [7, 11) is 0. The highest BCUT2D eigenvalue weighted by molar-refractivity contribution is 5.69. The van der Waals surface area contributed by atoms with Gasteiger partial charge in [0.25, 0.3) is 0 Å². The van der Waals surface area contributed by atoms with Crippen molar-refractivity contribution in [2.75, 3.05) is 39.5 Å². The van der Waals surface area contributed by atoms with Crippen molar-refractivity contribution in [3.8, 4) is 0 Å². The fraction of sp³-hybridized carbons (Fsp3) is 0.857. The summed E-state index contributed by atoms with van der Waals surface area (Å²) in [6.45, 7) is 7.39. The Morgan fingerprint density at radius 1 is 0.542 bits per heavy atom. The molecular weight excluding hydrogens is 598 g/mol. The molecule has 48 heavy (non-hydrogen) atoms. The lowest BCUT2D eigenvalue weighted by Crippen LogP contribution is -2.34. The molecule has 0 radical (unpaired) electrons. The number of hydrogen-bond acceptors (Lipinski definition) is 6. The Bertz CT molecular complexity index is 738. The van der Waals surface area contributed by atoms with Gasteiger partial charge in [-0.25, -0.2) is 0 Å². The molecule has 0 aromatic heterocycles. The number of unbranched alkanes of at least 4 members (excludes halogenated alkanes) is 22. The summed E-state index contributed by atoms with van der Waals surface area (Å²) >= 11 is 0. The molecule has 0 aliphatic carbocycles. The molecule has 0 heterocycles. The van der Waals surface area contributed by atoms with E-state index in [1.54, 1.807) is 0 Å². The lowest BCUT2D eigenvalue weighted by molar-refractivity contribution is -0.144. The summed E-state index contributed by atoms with van der Waals surface area (Å²) in [5.41, 5.74) is 0. The minimum absolute atomic E-state index is 0.0771. The Hall–Kier alpha value is -1.66. The molecule has 0 spiro atoms. The second-order valence-electron chi connectivity index (χ2n) is 13.7. The molecule has 0 amide bonds. The van der Waals surface area contributed by atoms with Gasteiger partial charge in [0, 0.05) is 38.9 Å². The van der Waals surface area contributed by atoms with Crippen molar-refractivity contribution < 1.29 is 24.2 Å². The van der Waals surface area contributed by atoms with Gasteiger partial charge in [-0.15, -0.1) is 0 Å². The predicted octanol–water partition coefficient (Wildman–Crippen LogP) is 11.4. The van der Waals surface area contributed by atoms with E-state index in [-0.39, 0.29) is 12.6 Å². The average Bonchev–Trinajstić information content (AvgIpc) is 3.08. The molecule has 0 aromatic rings. The van der Waals surface area contributed by atoms with Gasteiger partial charge in [-0.2, -0.15) is 0 Å². The second-order valence-corrected chi connectivity index (χ2v) is 13.7. The van der Waals surface area contributed by atoms with Crippen LogP contribution in [0.3, 0.4) is 0 Å². The minimum Gasteiger partial charge on any atom is -0.497 e. The van der Waals surface area contributed by atoms with Gasteiger partial charge < -0.3 is 19.4 Å². The topological polar surface area (TPSA) is 76.1 Å². The van der Waals surface area contributed by atoms with E-state index < -0.39 is 0 Å². The monoisotopic (exact) mass is 678 g/mol. The molecule has 0 atom stereocenters. The van der Waals surface area contributed by atoms with Gasteiger partial charge in [0.1, 0.15) is 19.5 Å². The summed E-state index contributed by atoms with van der Waals surface area (Å²) in [6.07, 6.45) is 40.7. The van der Waals surface area contributed by atoms with Crippen LogP contribution in [-0.2, 0) is 19.1 Å². The summed E-state index contributed by atoms with van der Waals surface area (Å²) in [6, 6.07) is 0. The SMILES string of the molecule is CCCCCCCCC=CCCCCCCCC(=O)OCCN(CCO)CCOC(=CCCCCCCCC)CCCCCCCC=O. The van der Waals surface area contributed by atoms with Crippen LogP contribution < -0.4 is 0 Å². The molecule has 1 N–H and O–H groups in total. The summed E-state index contributed by atoms with van der Waals surface area (Å²) in [5.74, 6) is 0.977. The van der Waals surface area contributed by atoms with Crippen LogP contribution in [0.1, 0.15) is 194 Å². The lowest BCUT2D eigenvalue weighted by Gasteiger charge is -2.22. The maximum absolute atomic E-state index is 12.3. The zero-order chi connectivity index (χ0) is 35.0. The van der Waals surface area contributed by atoms with E-state index in [9.17, 15) is 14.7 Å². The molecule has 0 aromatic carbocycles. The van der Waals surface area contributed by atoms with E-state index in [2.05, 4.69) is 37.0 Å². The number of aliphatic hydroxyl groups excluding tert-OH is 1. The standard InChI is InChI=1S/C42H79NO5/c1-3-5-7-9-11-12-13-14-15-16-17-18-20-25-29-33-42(46)48-40-36-43(34-38-45)35-39-47-41(31-27-23-19-10-8-6-4-2)32-28-24-21-22-26-30-37-44/h14-15,31,37,45H,3-13,16-30,32-36,38-40H2,1-2H3. The highest BCUT2D eigenvalue weighted by atomic mass is 16.5. The average molecular weight is 678 g/mol. The van der Waals surface area contributed by atoms with E-state index in [0.717, 1.165) is 63.4 Å². The number of esters is 1. The molecule has 0 bridgehead atoms. The summed E-state index contributed by atoms with van der Waals surface area (Å²) < 4.78 is 11.8. The number of ether oxygens (including phenoxy) is 2. The first-order valence-electron chi connectivity index (χ1n) is 20.6. The van der Waals surface area contributed by atoms with Crippen LogP contribution in [0.5, 0.6) is 0 Å². The minimum atomic E-state index is -0.112. The van der Waals surface area contributed by atoms with Crippen molar-refractivity contribution in [1.29, 1.82) is 0 Å². The fourth-order valence-corrected chi connectivity index (χ4v) is 5.96. The normalized spacial score (nSPS) is 12.0. The molecule has 0 aliphatic rings. The first kappa shape index (κ1) is 46.3. The van der Waals surface area contributed by atoms with Crippen LogP contribution in [0.15, 0.2) is 24.0 Å². The maximum Gasteiger partial charge on any atom is 0.305 e. The van der Waals surface area contributed by atoms with E-state index in [0.29, 0.717) is 45.7 Å². The lowest BCUT2D eigenvalue weighted by atomic mass is 10.1. The molecule has 0 unspecified atom stereocenters. The van der Waals surface area contributed by atoms with E-state index in [1.165, 1.54) is 116 Å². The zero-order valence-corrected chi connectivity index (χ0v) is 31.9. The van der Waals surface area contributed by atoms with Crippen molar-refractivity contribution in [2.24, 2.45) is 0 Å². The summed E-state index contributed by atoms with van der Waals surface area (Å²) in [5, 5.41) is 9.57. The number of allylic oxidation sites excluding steroid dienone is 4. The van der Waals surface area contributed by atoms with Gasteiger partial charge in [-0.05, 0) is 63.9 Å². The van der Waals surface area contributed by atoms with Crippen LogP contribution in [0, 0.1) is 0 Å². The number of carbonyl (C=O) groups excluding carboxylic acids is 2. The highest BCUT2D eigenvalue weighted by Gasteiger charge is 2.09. The first-order valence-corrected chi connectivity index (χ1v) is 20.6. The van der Waals surface area contributed by atoms with Crippen molar-refractivity contribution >= 4 is 12.3 Å². The van der Waals surface area contributed by atoms with Gasteiger partial charge in [-0.3, -0.25) is 9.69 Å². The Morgan fingerprint density at radius 3 is 1.54 bits per heavy atom. The largest absolute Gasteiger partial charge is 0.497 e. The molecule has 0 saturated carbocycles. The molecule has 0 rings (SSSR count). The second kappa shape index (κ2) is 39.8. The smallest absolute Gasteiger partial charge is 0.305 e. The molecule has 0 saturated heterocycles. The highest BCUT2D eigenvalue weighted by Crippen LogP contribution is 2.16. The summed E-state index contributed by atoms with van der Waals surface area (Å²) in [4.78, 5) is 24.9. The number of aliphatic hydroxyl groups is 1. The van der Waals surface area contributed by atoms with Crippen LogP contribution in [-0.4, -0.2) is 61.7 Å². The maximum atomic E-state index is 12.3. The molecule has 282 valence electrons. The van der Waals surface area contributed by atoms with Crippen molar-refractivity contribution in [3.63, 3.8) is 0 Å². The third-order valence-corrected chi connectivity index (χ3v) is 9.10. The van der Waals surface area contributed by atoms with Crippen LogP contribution in [0.2, 0.25) is 0 Å². The Kier molecular flexibility index (Phi) is 38.4. The van der Waals surface area contributed by atoms with Crippen LogP contribution in [0.25, 0.3) is 0 Å². The van der Waals surface area contributed by atoms with E-state index >= 15 is 0 Å². The van der Waals surface area contributed by atoms with Crippen LogP contribution in [0.4, 0.5) is 0 Å². The number of carbonyl (C=O) groups is 2. The van der Waals surface area contributed by atoms with E-state index in [1.807, 2.05) is 0 Å². The van der Waals surface area contributed by atoms with Crippen LogP contribution >= 0.6 is 0 Å². The Morgan fingerprint density at radius 2 is 1.00 bits per heavy atom. The number of hydrogen-bond donors (Lipinski definition) is 1. The van der Waals surface area contributed by atoms with Gasteiger partial charge in [-0.1, -0.05) is 129 Å². The van der Waals surface area contributed by atoms with Gasteiger partial charge in [0.05, 0.1) is 12.4 Å². The van der Waals surface area contributed by atoms with Gasteiger partial charge in [0.2, 0.25) is 0 Å². The van der Waals surface area contributed by atoms with E-state index in [4.69, 9.17) is 9.47 Å².